The van der Waals surface area contributed by atoms with E-state index in [1.54, 1.807) is 4.57 Å². The zero-order valence-corrected chi connectivity index (χ0v) is 22.6. The van der Waals surface area contributed by atoms with Gasteiger partial charge in [-0.1, -0.05) is 0 Å². The molecule has 21 heteroatoms. The molecular formula is C20H22FN10O8PS. The molecule has 4 N–H and O–H groups in total. The van der Waals surface area contributed by atoms with Crippen LogP contribution in [0.1, 0.15) is 18.9 Å². The fraction of sp³-hybridized carbons (Fsp3) is 0.500. The Hall–Kier alpha value is -3.23. The molecule has 7 heterocycles. The first-order valence-electron chi connectivity index (χ1n) is 12.2. The Kier molecular flexibility index (Phi) is 6.86. The summed E-state index contributed by atoms with van der Waals surface area (Å²) in [7, 11) is -3.25. The molecular weight excluding hydrogens is 590 g/mol. The van der Waals surface area contributed by atoms with E-state index in [9.17, 15) is 8.77 Å². The Morgan fingerprint density at radius 2 is 1.56 bits per heavy atom. The summed E-state index contributed by atoms with van der Waals surface area (Å²) in [4.78, 5) is 24.5. The molecule has 4 aromatic heterocycles. The van der Waals surface area contributed by atoms with E-state index in [0.29, 0.717) is 11.2 Å². The lowest BCUT2D eigenvalue weighted by molar-refractivity contribution is -0.0529. The van der Waals surface area contributed by atoms with Crippen LogP contribution in [0.15, 0.2) is 25.3 Å². The maximum Gasteiger partial charge on any atom is 0.319 e. The third kappa shape index (κ3) is 4.75. The Bertz CT molecular complexity index is 1660. The van der Waals surface area contributed by atoms with Crippen molar-refractivity contribution in [1.29, 1.82) is 0 Å². The van der Waals surface area contributed by atoms with Gasteiger partial charge in [0.2, 0.25) is 0 Å². The van der Waals surface area contributed by atoms with Crippen LogP contribution in [0.2, 0.25) is 0 Å². The highest BCUT2D eigenvalue weighted by molar-refractivity contribution is 7.75. The Labute approximate surface area is 232 Å². The smallest absolute Gasteiger partial charge is 0.319 e. The van der Waals surface area contributed by atoms with Crippen molar-refractivity contribution in [1.82, 2.24) is 39.0 Å². The quantitative estimate of drug-likeness (QED) is 0.287. The van der Waals surface area contributed by atoms with Crippen molar-refractivity contribution in [3.8, 4) is 0 Å². The number of fused-ring (bicyclic) bond motifs is 5. The highest BCUT2D eigenvalue weighted by Gasteiger charge is 2.49. The summed E-state index contributed by atoms with van der Waals surface area (Å²) < 4.78 is 78.2. The number of nitrogens with two attached hydrogens (primary N) is 2. The third-order valence-corrected chi connectivity index (χ3v) is 8.48. The van der Waals surface area contributed by atoms with E-state index in [1.807, 2.05) is 0 Å². The minimum absolute atomic E-state index is 0.102. The Morgan fingerprint density at radius 1 is 0.902 bits per heavy atom. The van der Waals surface area contributed by atoms with E-state index >= 15 is 4.39 Å². The van der Waals surface area contributed by atoms with Crippen molar-refractivity contribution in [2.24, 2.45) is 0 Å². The van der Waals surface area contributed by atoms with Crippen molar-refractivity contribution in [2.75, 3.05) is 24.7 Å². The molecule has 0 saturated carbocycles. The van der Waals surface area contributed by atoms with Crippen LogP contribution in [-0.2, 0) is 42.8 Å². The Balaban J connectivity index is 1.13. The summed E-state index contributed by atoms with van der Waals surface area (Å²) >= 11 is -2.33. The SMILES string of the molecule is Nc1ncnc2c1ncn2[C@@H]1O[C@@H]2COS(=O)O[C@@H]3C[C@@H](CO[PH](=O)O[C@H]2[C@H]1F)O[C@H]3n1cnc2c(N)ncnc21. The van der Waals surface area contributed by atoms with E-state index in [4.69, 9.17) is 38.4 Å². The maximum atomic E-state index is 15.7. The van der Waals surface area contributed by atoms with Crippen molar-refractivity contribution >= 4 is 53.6 Å². The van der Waals surface area contributed by atoms with Gasteiger partial charge in [0.25, 0.3) is 0 Å². The second-order valence-corrected chi connectivity index (χ2v) is 11.2. The van der Waals surface area contributed by atoms with Gasteiger partial charge in [0.05, 0.1) is 32.0 Å². The molecule has 4 aromatic rings. The molecule has 9 atom stereocenters. The molecule has 0 amide bonds. The number of ether oxygens (including phenoxy) is 2. The summed E-state index contributed by atoms with van der Waals surface area (Å²) in [5, 5.41) is 0. The number of imidazole rings is 2. The molecule has 41 heavy (non-hydrogen) atoms. The van der Waals surface area contributed by atoms with Gasteiger partial charge in [-0.2, -0.15) is 4.21 Å². The van der Waals surface area contributed by atoms with Gasteiger partial charge in [-0.3, -0.25) is 22.1 Å². The average molecular weight is 612 g/mol. The Morgan fingerprint density at radius 3 is 2.24 bits per heavy atom. The molecule has 0 radical (unpaired) electrons. The van der Waals surface area contributed by atoms with Crippen LogP contribution in [0.4, 0.5) is 16.0 Å². The van der Waals surface area contributed by atoms with Crippen LogP contribution in [-0.4, -0.2) is 87.0 Å². The molecule has 3 saturated heterocycles. The van der Waals surface area contributed by atoms with E-state index in [2.05, 4.69) is 29.9 Å². The predicted molar refractivity (Wildman–Crippen MR) is 136 cm³/mol. The number of anilines is 2. The molecule has 18 nitrogen and oxygen atoms in total. The first-order valence-corrected chi connectivity index (χ1v) is 14.5. The van der Waals surface area contributed by atoms with E-state index in [1.165, 1.54) is 29.9 Å². The molecule has 3 aliphatic heterocycles. The highest BCUT2D eigenvalue weighted by Crippen LogP contribution is 2.42. The van der Waals surface area contributed by atoms with Gasteiger partial charge in [0.1, 0.15) is 42.0 Å². The van der Waals surface area contributed by atoms with Crippen molar-refractivity contribution in [3.63, 3.8) is 0 Å². The zero-order chi connectivity index (χ0) is 28.2. The molecule has 3 aliphatic rings. The van der Waals surface area contributed by atoms with E-state index in [-0.39, 0.29) is 35.8 Å². The van der Waals surface area contributed by atoms with Crippen LogP contribution < -0.4 is 11.5 Å². The zero-order valence-electron chi connectivity index (χ0n) is 20.8. The van der Waals surface area contributed by atoms with Gasteiger partial charge < -0.3 is 30.0 Å². The molecule has 3 fully saturated rings. The molecule has 7 rings (SSSR count). The van der Waals surface area contributed by atoms with Crippen molar-refractivity contribution in [3.05, 3.63) is 25.3 Å². The van der Waals surface area contributed by atoms with Crippen LogP contribution in [0.25, 0.3) is 22.3 Å². The molecule has 218 valence electrons. The van der Waals surface area contributed by atoms with Gasteiger partial charge >= 0.3 is 19.6 Å². The number of nitrogens with zero attached hydrogens (tertiary/aromatic N) is 8. The van der Waals surface area contributed by atoms with Gasteiger partial charge in [0.15, 0.2) is 41.6 Å². The number of rotatable bonds is 2. The van der Waals surface area contributed by atoms with E-state index < -0.39 is 69.3 Å². The second-order valence-electron chi connectivity index (χ2n) is 9.33. The first kappa shape index (κ1) is 26.7. The molecule has 0 aromatic carbocycles. The minimum Gasteiger partial charge on any atom is -0.382 e. The lowest BCUT2D eigenvalue weighted by atomic mass is 10.1. The lowest BCUT2D eigenvalue weighted by Crippen LogP contribution is -2.34. The van der Waals surface area contributed by atoms with Crippen LogP contribution >= 0.6 is 8.25 Å². The molecule has 0 spiro atoms. The molecule has 2 unspecified atom stereocenters. The monoisotopic (exact) mass is 612 g/mol. The molecule has 2 bridgehead atoms. The maximum absolute atomic E-state index is 15.7. The van der Waals surface area contributed by atoms with Gasteiger partial charge in [0, 0.05) is 6.42 Å². The fourth-order valence-electron chi connectivity index (χ4n) is 5.02. The third-order valence-electron chi connectivity index (χ3n) is 6.88. The minimum atomic E-state index is -3.25. The number of aromatic nitrogens is 8. The van der Waals surface area contributed by atoms with Crippen molar-refractivity contribution in [2.45, 2.75) is 49.5 Å². The van der Waals surface area contributed by atoms with Gasteiger partial charge in [-0.15, -0.1) is 0 Å². The summed E-state index contributed by atoms with van der Waals surface area (Å²) in [6.45, 7) is -0.626. The lowest BCUT2D eigenvalue weighted by Gasteiger charge is -2.22. The van der Waals surface area contributed by atoms with Gasteiger partial charge in [-0.25, -0.2) is 34.3 Å². The fourth-order valence-corrected chi connectivity index (χ4v) is 6.59. The second kappa shape index (κ2) is 10.6. The first-order chi connectivity index (χ1) is 19.9. The summed E-state index contributed by atoms with van der Waals surface area (Å²) in [5.74, 6) is 0.272. The standard InChI is InChI=1S/C20H22FN10O8PS/c21-11-14-10(37-20(11)31-7-29-13-16(23)25-5-27-18(13)31)3-35-41(33)39-9-1-8(2-34-40(32)38-14)36-19(9)30-6-28-12-15(22)24-4-26-17(12)30/h4-11,14,19-20,40H,1-3H2,(H2,22,24,26)(H2,23,25,27)/t8-,9+,10+,11+,14+,19+,20+,41?/m0/s1. The summed E-state index contributed by atoms with van der Waals surface area (Å²) in [6.07, 6.45) is -2.69. The number of alkyl halides is 1. The largest absolute Gasteiger partial charge is 0.382 e. The molecule has 0 aliphatic carbocycles. The summed E-state index contributed by atoms with van der Waals surface area (Å²) in [5.41, 5.74) is 12.9. The van der Waals surface area contributed by atoms with Crippen LogP contribution in [0.3, 0.4) is 0 Å². The normalized spacial score (nSPS) is 34.7. The van der Waals surface area contributed by atoms with E-state index in [0.717, 1.165) is 0 Å². The number of halogens is 1. The van der Waals surface area contributed by atoms with Gasteiger partial charge in [-0.05, 0) is 0 Å². The average Bonchev–Trinajstić information content (AvgIpc) is 3.72. The highest BCUT2D eigenvalue weighted by atomic mass is 32.2. The topological polar surface area (TPSA) is 229 Å². The number of hydrogen-bond donors (Lipinski definition) is 2. The summed E-state index contributed by atoms with van der Waals surface area (Å²) in [6, 6.07) is 0. The van der Waals surface area contributed by atoms with Crippen molar-refractivity contribution < 1.29 is 40.1 Å². The predicted octanol–water partition coefficient (Wildman–Crippen LogP) is 0.139. The van der Waals surface area contributed by atoms with Crippen LogP contribution in [0, 0.1) is 0 Å². The van der Waals surface area contributed by atoms with Crippen LogP contribution in [0.5, 0.6) is 0 Å². The number of nitrogen functional groups attached to an aromatic ring is 2. The number of hydrogen-bond acceptors (Lipinski definition) is 16.